The van der Waals surface area contributed by atoms with Crippen LogP contribution in [0.3, 0.4) is 0 Å². The topological polar surface area (TPSA) is 266 Å². The predicted molar refractivity (Wildman–Crippen MR) is 361 cm³/mol. The van der Waals surface area contributed by atoms with Crippen LogP contribution in [0.15, 0.2) is 199 Å². The third-order valence-electron chi connectivity index (χ3n) is 15.4. The van der Waals surface area contributed by atoms with Crippen LogP contribution in [-0.4, -0.2) is 147 Å². The first-order valence-electron chi connectivity index (χ1n) is 30.4. The first-order chi connectivity index (χ1) is 43.5. The number of nitrogens with one attached hydrogen (secondary N) is 4. The minimum Gasteiger partial charge on any atom is -0.298 e. The molecule has 0 amide bonds. The maximum atomic E-state index is 14.5. The Balaban J connectivity index is 1.10. The molecular formula is C66H86N8O12S6. The molecular weight excluding hydrogens is 1290 g/mol. The lowest BCUT2D eigenvalue weighted by atomic mass is 10.1. The minimum atomic E-state index is -4.10. The zero-order chi connectivity index (χ0) is 66.7. The van der Waals surface area contributed by atoms with Gasteiger partial charge in [-0.2, -0.15) is 8.61 Å². The van der Waals surface area contributed by atoms with Gasteiger partial charge in [0.2, 0.25) is 60.1 Å². The van der Waals surface area contributed by atoms with E-state index in [9.17, 15) is 50.5 Å². The Morgan fingerprint density at radius 3 is 0.685 bits per heavy atom. The maximum absolute atomic E-state index is 14.5. The van der Waals surface area contributed by atoms with Crippen molar-refractivity contribution >= 4 is 60.1 Å². The molecule has 7 aromatic carbocycles. The van der Waals surface area contributed by atoms with Crippen molar-refractivity contribution < 1.29 is 50.5 Å². The van der Waals surface area contributed by atoms with Gasteiger partial charge >= 0.3 is 0 Å². The van der Waals surface area contributed by atoms with E-state index in [1.807, 2.05) is 75.6 Å². The van der Waals surface area contributed by atoms with Crippen LogP contribution in [0.25, 0.3) is 0 Å². The maximum Gasteiger partial charge on any atom is 0.243 e. The normalized spacial score (nSPS) is 12.8. The van der Waals surface area contributed by atoms with Gasteiger partial charge in [-0.3, -0.25) is 9.80 Å². The van der Waals surface area contributed by atoms with E-state index in [0.717, 1.165) is 44.5 Å². The molecule has 498 valence electrons. The average molecular weight is 1380 g/mol. The molecule has 0 unspecified atom stereocenters. The van der Waals surface area contributed by atoms with E-state index >= 15 is 0 Å². The van der Waals surface area contributed by atoms with E-state index in [4.69, 9.17) is 0 Å². The molecule has 92 heavy (non-hydrogen) atoms. The third-order valence-corrected chi connectivity index (χ3v) is 25.2. The lowest BCUT2D eigenvalue weighted by Gasteiger charge is -2.28. The van der Waals surface area contributed by atoms with Gasteiger partial charge in [0, 0.05) is 78.5 Å². The predicted octanol–water partition coefficient (Wildman–Crippen LogP) is 8.00. The molecule has 0 aliphatic rings. The van der Waals surface area contributed by atoms with Gasteiger partial charge in [-0.05, 0) is 164 Å². The lowest BCUT2D eigenvalue weighted by molar-refractivity contribution is 0.237. The van der Waals surface area contributed by atoms with Crippen LogP contribution in [0.1, 0.15) is 70.2 Å². The fraction of sp³-hybridized carbons (Fsp3) is 0.364. The molecule has 0 bridgehead atoms. The average Bonchev–Trinajstić information content (AvgIpc) is 0.943. The second kappa shape index (κ2) is 33.3. The van der Waals surface area contributed by atoms with Crippen molar-refractivity contribution in [2.45, 2.75) is 110 Å². The van der Waals surface area contributed by atoms with E-state index in [1.54, 1.807) is 121 Å². The Bertz CT molecular complexity index is 3930. The van der Waals surface area contributed by atoms with Crippen LogP contribution in [0, 0.1) is 41.5 Å². The molecule has 0 saturated heterocycles. The molecule has 4 N–H and O–H groups in total. The van der Waals surface area contributed by atoms with Crippen LogP contribution < -0.4 is 18.9 Å². The number of hydrogen-bond donors (Lipinski definition) is 4. The summed E-state index contributed by atoms with van der Waals surface area (Å²) in [6.07, 6.45) is 1.00. The molecule has 0 heterocycles. The summed E-state index contributed by atoms with van der Waals surface area (Å²) in [6.45, 7) is 12.9. The smallest absolute Gasteiger partial charge is 0.243 e. The van der Waals surface area contributed by atoms with Gasteiger partial charge in [0.25, 0.3) is 0 Å². The van der Waals surface area contributed by atoms with Gasteiger partial charge in [-0.15, -0.1) is 0 Å². The van der Waals surface area contributed by atoms with E-state index in [0.29, 0.717) is 39.0 Å². The Hall–Kier alpha value is -6.08. The molecule has 0 spiro atoms. The monoisotopic (exact) mass is 1370 g/mol. The second-order valence-corrected chi connectivity index (χ2v) is 34.0. The summed E-state index contributed by atoms with van der Waals surface area (Å²) < 4.78 is 177. The second-order valence-electron chi connectivity index (χ2n) is 23.1. The van der Waals surface area contributed by atoms with Crippen LogP contribution in [-0.2, 0) is 73.2 Å². The summed E-state index contributed by atoms with van der Waals surface area (Å²) in [5, 5.41) is 0. The Labute approximate surface area is 546 Å². The molecule has 0 aromatic heterocycles. The van der Waals surface area contributed by atoms with E-state index in [1.165, 1.54) is 32.9 Å². The number of sulfonamides is 6. The number of rotatable bonds is 38. The molecule has 20 nitrogen and oxygen atoms in total. The van der Waals surface area contributed by atoms with E-state index < -0.39 is 60.1 Å². The van der Waals surface area contributed by atoms with Gasteiger partial charge in [-0.1, -0.05) is 130 Å². The molecule has 0 aliphatic carbocycles. The molecule has 0 aliphatic heterocycles. The summed E-state index contributed by atoms with van der Waals surface area (Å²) in [6, 6.07) is 46.6. The first-order valence-corrected chi connectivity index (χ1v) is 39.3. The number of aryl methyl sites for hydroxylation is 6. The summed E-state index contributed by atoms with van der Waals surface area (Å²) in [4.78, 5) is 4.66. The number of nitrogens with zero attached hydrogens (tertiary/aromatic N) is 4. The highest BCUT2D eigenvalue weighted by Gasteiger charge is 2.28. The SMILES string of the molecule is Cc1ccc(S(=O)(=O)NCCCN(CCN(CCCNS(=O)(=O)c2ccc(C)cc2)S(=O)(=O)c2ccc(C)cc2)Cc2ccc(CN(CCCNS(=O)(=O)c3ccc(C)cc3)CCN(CCCNS(=O)(=O)c3ccc(C)cc3)S(=O)(=O)c3ccc(C)cc3)cc2)cc1. The van der Waals surface area contributed by atoms with Gasteiger partial charge in [0.05, 0.1) is 29.4 Å². The Morgan fingerprint density at radius 1 is 0.250 bits per heavy atom. The Morgan fingerprint density at radius 2 is 0.457 bits per heavy atom. The van der Waals surface area contributed by atoms with Crippen LogP contribution >= 0.6 is 0 Å². The molecule has 26 heteroatoms. The van der Waals surface area contributed by atoms with Gasteiger partial charge in [0.1, 0.15) is 0 Å². The van der Waals surface area contributed by atoms with Crippen molar-refractivity contribution in [3.8, 4) is 0 Å². The van der Waals surface area contributed by atoms with Crippen molar-refractivity contribution in [2.75, 3.05) is 78.5 Å². The van der Waals surface area contributed by atoms with Gasteiger partial charge < -0.3 is 0 Å². The van der Waals surface area contributed by atoms with Crippen molar-refractivity contribution in [3.05, 3.63) is 214 Å². The number of benzene rings is 7. The van der Waals surface area contributed by atoms with Crippen molar-refractivity contribution in [1.82, 2.24) is 37.3 Å². The zero-order valence-electron chi connectivity index (χ0n) is 53.0. The van der Waals surface area contributed by atoms with Crippen molar-refractivity contribution in [2.24, 2.45) is 0 Å². The molecule has 0 saturated carbocycles. The fourth-order valence-corrected chi connectivity index (χ4v) is 17.1. The minimum absolute atomic E-state index is 0.00390. The Kier molecular flexibility index (Phi) is 26.6. The zero-order valence-corrected chi connectivity index (χ0v) is 57.9. The highest BCUT2D eigenvalue weighted by molar-refractivity contribution is 7.90. The molecule has 7 aromatic rings. The first kappa shape index (κ1) is 73.3. The summed E-state index contributed by atoms with van der Waals surface area (Å²) in [7, 11) is -23.7. The van der Waals surface area contributed by atoms with E-state index in [-0.39, 0.29) is 108 Å². The molecule has 7 rings (SSSR count). The number of hydrogen-bond acceptors (Lipinski definition) is 14. The highest BCUT2D eigenvalue weighted by Crippen LogP contribution is 2.22. The summed E-state index contributed by atoms with van der Waals surface area (Å²) in [5.41, 5.74) is 7.04. The lowest BCUT2D eigenvalue weighted by Crippen LogP contribution is -2.41. The fourth-order valence-electron chi connectivity index (χ4n) is 9.88. The highest BCUT2D eigenvalue weighted by atomic mass is 32.2. The van der Waals surface area contributed by atoms with Gasteiger partial charge in [0.15, 0.2) is 0 Å². The van der Waals surface area contributed by atoms with Crippen molar-refractivity contribution in [3.63, 3.8) is 0 Å². The third kappa shape index (κ3) is 22.0. The largest absolute Gasteiger partial charge is 0.298 e. The quantitative estimate of drug-likeness (QED) is 0.0267. The van der Waals surface area contributed by atoms with Crippen LogP contribution in [0.5, 0.6) is 0 Å². The summed E-state index contributed by atoms with van der Waals surface area (Å²) >= 11 is 0. The molecule has 0 atom stereocenters. The standard InChI is InChI=1S/C66H86N8O12S6/c1-53-11-27-61(28-12-53)87(75,76)67-39-7-43-71(47-49-73(91(83,84)65-35-19-57(5)20-36-65)45-9-41-69-89(79,80)63-31-15-55(3)16-32-63)51-59-23-25-60(26-24-59)52-72(44-8-40-68-88(77,78)62-29-13-54(2)14-30-62)48-50-74(92(85,86)66-37-21-58(6)22-38-66)46-10-42-70-90(81,82)64-33-17-56(4)18-34-64/h11-38,67-70H,7-10,39-52H2,1-6H3. The van der Waals surface area contributed by atoms with E-state index in [2.05, 4.69) is 18.9 Å². The van der Waals surface area contributed by atoms with Crippen LogP contribution in [0.4, 0.5) is 0 Å². The van der Waals surface area contributed by atoms with Gasteiger partial charge in [-0.25, -0.2) is 69.4 Å². The molecule has 0 fully saturated rings. The molecule has 0 radical (unpaired) electrons. The summed E-state index contributed by atoms with van der Waals surface area (Å²) in [5.74, 6) is 0. The van der Waals surface area contributed by atoms with Crippen molar-refractivity contribution in [1.29, 1.82) is 0 Å². The van der Waals surface area contributed by atoms with Crippen LogP contribution in [0.2, 0.25) is 0 Å².